The van der Waals surface area contributed by atoms with E-state index in [-0.39, 0.29) is 11.4 Å². The van der Waals surface area contributed by atoms with Gasteiger partial charge in [-0.2, -0.15) is 0 Å². The Morgan fingerprint density at radius 1 is 1.78 bits per heavy atom. The molecule has 0 aromatic heterocycles. The van der Waals surface area contributed by atoms with E-state index in [4.69, 9.17) is 0 Å². The standard InChI is InChI=1S/C7H13NO/c1-3-7(2)5-4-6(9)8-7/h3-5H2,1-2H3,(H,8,9)/t7-/m0/s1. The second-order valence-electron chi connectivity index (χ2n) is 2.96. The molecule has 0 radical (unpaired) electrons. The molecular weight excluding hydrogens is 114 g/mol. The Morgan fingerprint density at radius 3 is 2.67 bits per heavy atom. The molecule has 1 amide bonds. The third kappa shape index (κ3) is 1.23. The van der Waals surface area contributed by atoms with Gasteiger partial charge >= 0.3 is 0 Å². The molecule has 1 heterocycles. The van der Waals surface area contributed by atoms with E-state index in [2.05, 4.69) is 19.2 Å². The fourth-order valence-corrected chi connectivity index (χ4v) is 1.12. The van der Waals surface area contributed by atoms with Crippen molar-refractivity contribution in [2.24, 2.45) is 0 Å². The van der Waals surface area contributed by atoms with Gasteiger partial charge in [0.25, 0.3) is 0 Å². The molecule has 0 aromatic rings. The number of amides is 1. The molecule has 1 fully saturated rings. The smallest absolute Gasteiger partial charge is 0.220 e. The first-order chi connectivity index (χ1) is 4.16. The summed E-state index contributed by atoms with van der Waals surface area (Å²) in [6.07, 6.45) is 2.76. The van der Waals surface area contributed by atoms with Crippen LogP contribution in [0.3, 0.4) is 0 Å². The summed E-state index contributed by atoms with van der Waals surface area (Å²) in [7, 11) is 0. The van der Waals surface area contributed by atoms with E-state index in [1.54, 1.807) is 0 Å². The first-order valence-electron chi connectivity index (χ1n) is 3.47. The molecule has 0 aliphatic carbocycles. The van der Waals surface area contributed by atoms with E-state index in [9.17, 15) is 4.79 Å². The Morgan fingerprint density at radius 2 is 2.44 bits per heavy atom. The van der Waals surface area contributed by atoms with Gasteiger partial charge in [0.05, 0.1) is 0 Å². The minimum Gasteiger partial charge on any atom is -0.351 e. The Balaban J connectivity index is 2.54. The van der Waals surface area contributed by atoms with Crippen molar-refractivity contribution < 1.29 is 4.79 Å². The second-order valence-corrected chi connectivity index (χ2v) is 2.96. The summed E-state index contributed by atoms with van der Waals surface area (Å²) in [5.41, 5.74) is 0.108. The van der Waals surface area contributed by atoms with Crippen LogP contribution in [0.15, 0.2) is 0 Å². The number of carbonyl (C=O) groups excluding carboxylic acids is 1. The van der Waals surface area contributed by atoms with Crippen molar-refractivity contribution in [2.75, 3.05) is 0 Å². The maximum atomic E-state index is 10.7. The molecule has 2 heteroatoms. The van der Waals surface area contributed by atoms with Crippen molar-refractivity contribution in [3.8, 4) is 0 Å². The molecule has 1 N–H and O–H groups in total. The second kappa shape index (κ2) is 2.01. The van der Waals surface area contributed by atoms with E-state index < -0.39 is 0 Å². The van der Waals surface area contributed by atoms with Gasteiger partial charge in [-0.25, -0.2) is 0 Å². The quantitative estimate of drug-likeness (QED) is 0.560. The number of hydrogen-bond donors (Lipinski definition) is 1. The normalized spacial score (nSPS) is 34.7. The van der Waals surface area contributed by atoms with Crippen molar-refractivity contribution in [1.29, 1.82) is 0 Å². The molecular formula is C7H13NO. The average Bonchev–Trinajstić information content (AvgIpc) is 2.13. The van der Waals surface area contributed by atoms with E-state index in [1.165, 1.54) is 0 Å². The molecule has 0 spiro atoms. The van der Waals surface area contributed by atoms with Gasteiger partial charge in [0.15, 0.2) is 0 Å². The summed E-state index contributed by atoms with van der Waals surface area (Å²) in [6, 6.07) is 0. The SMILES string of the molecule is CC[C@@]1(C)CCC(=O)N1. The summed E-state index contributed by atoms with van der Waals surface area (Å²) in [6.45, 7) is 4.20. The Labute approximate surface area is 55.6 Å². The van der Waals surface area contributed by atoms with Crippen LogP contribution in [0.4, 0.5) is 0 Å². The van der Waals surface area contributed by atoms with Crippen LogP contribution in [0.1, 0.15) is 33.1 Å². The van der Waals surface area contributed by atoms with Crippen LogP contribution in [0, 0.1) is 0 Å². The van der Waals surface area contributed by atoms with Crippen LogP contribution in [0.2, 0.25) is 0 Å². The molecule has 1 aliphatic rings. The Kier molecular flexibility index (Phi) is 1.47. The molecule has 52 valence electrons. The van der Waals surface area contributed by atoms with Gasteiger partial charge in [0, 0.05) is 12.0 Å². The van der Waals surface area contributed by atoms with E-state index in [1.807, 2.05) is 0 Å². The summed E-state index contributed by atoms with van der Waals surface area (Å²) in [5, 5.41) is 2.94. The lowest BCUT2D eigenvalue weighted by molar-refractivity contribution is -0.119. The highest BCUT2D eigenvalue weighted by Crippen LogP contribution is 2.21. The highest BCUT2D eigenvalue weighted by atomic mass is 16.2. The lowest BCUT2D eigenvalue weighted by Crippen LogP contribution is -2.37. The van der Waals surface area contributed by atoms with Crippen molar-refractivity contribution in [2.45, 2.75) is 38.6 Å². The maximum Gasteiger partial charge on any atom is 0.220 e. The van der Waals surface area contributed by atoms with Crippen molar-refractivity contribution in [3.63, 3.8) is 0 Å². The van der Waals surface area contributed by atoms with Crippen LogP contribution < -0.4 is 5.32 Å². The minimum atomic E-state index is 0.108. The molecule has 2 nitrogen and oxygen atoms in total. The van der Waals surface area contributed by atoms with Gasteiger partial charge in [-0.05, 0) is 19.8 Å². The predicted molar refractivity (Wildman–Crippen MR) is 36.1 cm³/mol. The zero-order valence-corrected chi connectivity index (χ0v) is 6.03. The summed E-state index contributed by atoms with van der Waals surface area (Å²) >= 11 is 0. The molecule has 1 rings (SSSR count). The first-order valence-corrected chi connectivity index (χ1v) is 3.47. The molecule has 0 saturated carbocycles. The van der Waals surface area contributed by atoms with Gasteiger partial charge in [0.2, 0.25) is 5.91 Å². The number of nitrogens with one attached hydrogen (secondary N) is 1. The fraction of sp³-hybridized carbons (Fsp3) is 0.857. The van der Waals surface area contributed by atoms with Gasteiger partial charge in [0.1, 0.15) is 0 Å². The Bertz CT molecular complexity index is 133. The number of rotatable bonds is 1. The van der Waals surface area contributed by atoms with Gasteiger partial charge < -0.3 is 5.32 Å². The summed E-state index contributed by atoms with van der Waals surface area (Å²) in [4.78, 5) is 10.7. The summed E-state index contributed by atoms with van der Waals surface area (Å²) in [5.74, 6) is 0.208. The maximum absolute atomic E-state index is 10.7. The van der Waals surface area contributed by atoms with E-state index in [0.29, 0.717) is 6.42 Å². The van der Waals surface area contributed by atoms with Crippen LogP contribution in [-0.4, -0.2) is 11.4 Å². The van der Waals surface area contributed by atoms with Gasteiger partial charge in [-0.15, -0.1) is 0 Å². The number of hydrogen-bond acceptors (Lipinski definition) is 1. The van der Waals surface area contributed by atoms with E-state index >= 15 is 0 Å². The molecule has 0 bridgehead atoms. The van der Waals surface area contributed by atoms with Crippen LogP contribution in [0.25, 0.3) is 0 Å². The monoisotopic (exact) mass is 127 g/mol. The molecule has 1 atom stereocenters. The molecule has 1 aliphatic heterocycles. The van der Waals surface area contributed by atoms with Gasteiger partial charge in [-0.3, -0.25) is 4.79 Å². The van der Waals surface area contributed by atoms with Crippen molar-refractivity contribution in [1.82, 2.24) is 5.32 Å². The molecule has 9 heavy (non-hydrogen) atoms. The predicted octanol–water partition coefficient (Wildman–Crippen LogP) is 1.07. The highest BCUT2D eigenvalue weighted by Gasteiger charge is 2.30. The molecule has 0 aromatic carbocycles. The zero-order chi connectivity index (χ0) is 6.91. The largest absolute Gasteiger partial charge is 0.351 e. The Hall–Kier alpha value is -0.530. The van der Waals surface area contributed by atoms with Crippen LogP contribution in [0.5, 0.6) is 0 Å². The topological polar surface area (TPSA) is 29.1 Å². The first kappa shape index (κ1) is 6.59. The average molecular weight is 127 g/mol. The van der Waals surface area contributed by atoms with Crippen LogP contribution in [-0.2, 0) is 4.79 Å². The fourth-order valence-electron chi connectivity index (χ4n) is 1.12. The van der Waals surface area contributed by atoms with Gasteiger partial charge in [-0.1, -0.05) is 6.92 Å². The lowest BCUT2D eigenvalue weighted by Gasteiger charge is -2.20. The third-order valence-corrected chi connectivity index (χ3v) is 2.13. The van der Waals surface area contributed by atoms with Crippen molar-refractivity contribution in [3.05, 3.63) is 0 Å². The highest BCUT2D eigenvalue weighted by molar-refractivity contribution is 5.79. The minimum absolute atomic E-state index is 0.108. The zero-order valence-electron chi connectivity index (χ0n) is 6.03. The number of carbonyl (C=O) groups is 1. The van der Waals surface area contributed by atoms with Crippen LogP contribution >= 0.6 is 0 Å². The van der Waals surface area contributed by atoms with E-state index in [0.717, 1.165) is 12.8 Å². The third-order valence-electron chi connectivity index (χ3n) is 2.13. The van der Waals surface area contributed by atoms with Crippen molar-refractivity contribution >= 4 is 5.91 Å². The molecule has 1 saturated heterocycles. The molecule has 0 unspecified atom stereocenters. The lowest BCUT2D eigenvalue weighted by atomic mass is 9.98. The summed E-state index contributed by atoms with van der Waals surface area (Å²) < 4.78 is 0.